The van der Waals surface area contributed by atoms with Gasteiger partial charge in [0.1, 0.15) is 18.9 Å². The van der Waals surface area contributed by atoms with E-state index in [4.69, 9.17) is 36.5 Å². The van der Waals surface area contributed by atoms with Crippen LogP contribution in [0.1, 0.15) is 55.7 Å². The monoisotopic (exact) mass is 599 g/mol. The van der Waals surface area contributed by atoms with E-state index in [0.717, 1.165) is 23.9 Å². The fourth-order valence-corrected chi connectivity index (χ4v) is 5.59. The molecule has 2 saturated carbocycles. The average molecular weight is 600 g/mol. The molecule has 3 heterocycles. The molecule has 5 N–H and O–H groups in total. The summed E-state index contributed by atoms with van der Waals surface area (Å²) in [6, 6.07) is 6.35. The van der Waals surface area contributed by atoms with Crippen molar-refractivity contribution in [2.45, 2.75) is 69.5 Å². The van der Waals surface area contributed by atoms with Gasteiger partial charge in [0.2, 0.25) is 0 Å². The third kappa shape index (κ3) is 6.36. The maximum absolute atomic E-state index is 10.6. The molecular formula is C24H28ClF6N5O4+2. The molecule has 2 aromatic rings. The van der Waals surface area contributed by atoms with Crippen LogP contribution in [-0.4, -0.2) is 67.9 Å². The number of quaternary nitrogens is 2. The molecule has 2 aliphatic heterocycles. The van der Waals surface area contributed by atoms with Crippen LogP contribution in [0.4, 0.5) is 26.3 Å². The molecule has 16 heteroatoms. The third-order valence-electron chi connectivity index (χ3n) is 8.03. The summed E-state index contributed by atoms with van der Waals surface area (Å²) >= 11 is 6.36. The molecule has 0 radical (unpaired) electrons. The fraction of sp³-hybridized carbons (Fsp3) is 0.583. The van der Waals surface area contributed by atoms with Crippen molar-refractivity contribution in [2.75, 3.05) is 13.1 Å². The number of hydrogen-bond donors (Lipinski definition) is 4. The van der Waals surface area contributed by atoms with E-state index < -0.39 is 24.3 Å². The molecule has 4 aliphatic rings. The second-order valence-corrected chi connectivity index (χ2v) is 11.4. The molecule has 3 fully saturated rings. The molecule has 1 aromatic heterocycles. The number of nitrogens with one attached hydrogen (secondary N) is 1. The minimum absolute atomic E-state index is 0.392. The number of carbonyl (C=O) groups is 2. The van der Waals surface area contributed by atoms with E-state index in [-0.39, 0.29) is 0 Å². The number of fused-ring (bicyclic) bond motifs is 3. The Morgan fingerprint density at radius 1 is 1.02 bits per heavy atom. The predicted molar refractivity (Wildman–Crippen MR) is 126 cm³/mol. The van der Waals surface area contributed by atoms with Crippen LogP contribution < -0.4 is 10.2 Å². The van der Waals surface area contributed by atoms with Gasteiger partial charge in [0, 0.05) is 29.3 Å². The predicted octanol–water partition coefficient (Wildman–Crippen LogP) is 2.08. The number of aromatic nitrogens is 3. The number of nitrogens with two attached hydrogens (primary N) is 1. The van der Waals surface area contributed by atoms with E-state index in [1.165, 1.54) is 55.8 Å². The molecule has 1 aromatic carbocycles. The van der Waals surface area contributed by atoms with Crippen LogP contribution in [0.25, 0.3) is 5.69 Å². The lowest BCUT2D eigenvalue weighted by molar-refractivity contribution is -0.961. The molecule has 2 aliphatic carbocycles. The zero-order chi connectivity index (χ0) is 29.7. The van der Waals surface area contributed by atoms with Crippen LogP contribution in [0, 0.1) is 5.41 Å². The zero-order valence-corrected chi connectivity index (χ0v) is 22.0. The van der Waals surface area contributed by atoms with Gasteiger partial charge in [0.05, 0.1) is 29.7 Å². The number of carboxylic acids is 2. The van der Waals surface area contributed by atoms with Gasteiger partial charge in [-0.1, -0.05) is 11.6 Å². The first-order valence-electron chi connectivity index (χ1n) is 12.4. The zero-order valence-electron chi connectivity index (χ0n) is 21.2. The van der Waals surface area contributed by atoms with Crippen molar-refractivity contribution >= 4 is 23.5 Å². The van der Waals surface area contributed by atoms with E-state index in [1.54, 1.807) is 4.90 Å². The highest BCUT2D eigenvalue weighted by Crippen LogP contribution is 2.51. The molecule has 1 unspecified atom stereocenters. The van der Waals surface area contributed by atoms with Crippen molar-refractivity contribution in [3.05, 3.63) is 40.4 Å². The van der Waals surface area contributed by atoms with Crippen LogP contribution in [0.15, 0.2) is 18.2 Å². The smallest absolute Gasteiger partial charge is 0.475 e. The van der Waals surface area contributed by atoms with Crippen molar-refractivity contribution in [3.8, 4) is 5.69 Å². The third-order valence-corrected chi connectivity index (χ3v) is 8.27. The van der Waals surface area contributed by atoms with Crippen molar-refractivity contribution in [2.24, 2.45) is 5.41 Å². The maximum Gasteiger partial charge on any atom is 0.490 e. The summed E-state index contributed by atoms with van der Waals surface area (Å²) in [5.74, 6) is -2.64. The topological polar surface area (TPSA) is 126 Å². The lowest BCUT2D eigenvalue weighted by Crippen LogP contribution is -3.14. The van der Waals surface area contributed by atoms with Crippen molar-refractivity contribution in [1.82, 2.24) is 14.8 Å². The van der Waals surface area contributed by atoms with Gasteiger partial charge in [0.25, 0.3) is 0 Å². The Kier molecular flexibility index (Phi) is 7.88. The van der Waals surface area contributed by atoms with E-state index in [0.29, 0.717) is 16.9 Å². The normalized spacial score (nSPS) is 22.1. The molecule has 1 spiro atoms. The number of hydrogen-bond acceptors (Lipinski definition) is 4. The number of halogens is 7. The van der Waals surface area contributed by atoms with Crippen LogP contribution in [0.5, 0.6) is 0 Å². The molecule has 40 heavy (non-hydrogen) atoms. The minimum Gasteiger partial charge on any atom is -0.475 e. The Morgan fingerprint density at radius 3 is 2.02 bits per heavy atom. The summed E-state index contributed by atoms with van der Waals surface area (Å²) in [6.45, 7) is 6.99. The second-order valence-electron chi connectivity index (χ2n) is 11.0. The Labute approximate surface area is 229 Å². The summed E-state index contributed by atoms with van der Waals surface area (Å²) in [4.78, 5) is 19.4. The minimum atomic E-state index is -5.08. The SMILES string of the molecule is CC1([NH+]2Cc3cc(Cl)ccc3-n3c(nnc3C3CC4(C[NH2+]C4)C3)C2)CC1.O=C(O)C(F)(F)F.O=C(O)C(F)(F)F. The second kappa shape index (κ2) is 10.5. The van der Waals surface area contributed by atoms with Gasteiger partial charge in [-0.05, 0) is 38.0 Å². The van der Waals surface area contributed by atoms with E-state index in [9.17, 15) is 26.3 Å². The average Bonchev–Trinajstić information content (AvgIpc) is 3.44. The Hall–Kier alpha value is -2.91. The maximum atomic E-state index is 10.6. The standard InChI is InChI=1S/C20H24ClN5.2C2HF3O2/c1-19(4-5-19)25-9-13-6-15(21)2-3-16(13)26-17(10-25)23-24-18(26)14-7-20(8-14)11-22-12-20;2*3-2(4,5)1(6)7/h2-3,6,14,22H,4-5,7-12H2,1H3;2*(H,6,7)/p+2. The van der Waals surface area contributed by atoms with Gasteiger partial charge in [-0.25, -0.2) is 9.59 Å². The van der Waals surface area contributed by atoms with Gasteiger partial charge in [0.15, 0.2) is 5.82 Å². The highest BCUT2D eigenvalue weighted by atomic mass is 35.5. The number of alkyl halides is 6. The highest BCUT2D eigenvalue weighted by Gasteiger charge is 2.55. The highest BCUT2D eigenvalue weighted by molar-refractivity contribution is 6.30. The van der Waals surface area contributed by atoms with Crippen LogP contribution in [-0.2, 0) is 22.7 Å². The van der Waals surface area contributed by atoms with Gasteiger partial charge < -0.3 is 20.4 Å². The van der Waals surface area contributed by atoms with Gasteiger partial charge in [-0.3, -0.25) is 4.57 Å². The molecule has 9 nitrogen and oxygen atoms in total. The van der Waals surface area contributed by atoms with E-state index >= 15 is 0 Å². The Bertz CT molecular complexity index is 1260. The largest absolute Gasteiger partial charge is 0.490 e. The summed E-state index contributed by atoms with van der Waals surface area (Å²) in [6.07, 6.45) is -5.00. The summed E-state index contributed by atoms with van der Waals surface area (Å²) in [7, 11) is 0. The van der Waals surface area contributed by atoms with E-state index in [1.807, 2.05) is 6.07 Å². The van der Waals surface area contributed by atoms with Gasteiger partial charge in [-0.2, -0.15) is 26.3 Å². The first kappa shape index (κ1) is 30.1. The fourth-order valence-electron chi connectivity index (χ4n) is 5.39. The molecular weight excluding hydrogens is 572 g/mol. The molecule has 0 bridgehead atoms. The molecule has 6 rings (SSSR count). The number of nitrogens with zero attached hydrogens (tertiary/aromatic N) is 3. The summed E-state index contributed by atoms with van der Waals surface area (Å²) in [5.41, 5.74) is 3.59. The van der Waals surface area contributed by atoms with Gasteiger partial charge in [-0.15, -0.1) is 10.2 Å². The van der Waals surface area contributed by atoms with E-state index in [2.05, 4.69) is 34.0 Å². The van der Waals surface area contributed by atoms with Gasteiger partial charge >= 0.3 is 24.3 Å². The molecule has 220 valence electrons. The lowest BCUT2D eigenvalue weighted by atomic mass is 9.58. The van der Waals surface area contributed by atoms with Crippen LogP contribution in [0.2, 0.25) is 5.02 Å². The van der Waals surface area contributed by atoms with Crippen LogP contribution in [0.3, 0.4) is 0 Å². The van der Waals surface area contributed by atoms with Crippen molar-refractivity contribution in [3.63, 3.8) is 0 Å². The Morgan fingerprint density at radius 2 is 1.57 bits per heavy atom. The van der Waals surface area contributed by atoms with Crippen molar-refractivity contribution in [1.29, 1.82) is 0 Å². The number of carboxylic acid groups (broad SMARTS) is 2. The molecule has 1 saturated heterocycles. The summed E-state index contributed by atoms with van der Waals surface area (Å²) in [5, 5.41) is 26.9. The Balaban J connectivity index is 0.000000222. The van der Waals surface area contributed by atoms with Crippen LogP contribution >= 0.6 is 11.6 Å². The number of benzene rings is 1. The van der Waals surface area contributed by atoms with Crippen molar-refractivity contribution < 1.29 is 56.4 Å². The summed E-state index contributed by atoms with van der Waals surface area (Å²) < 4.78 is 65.9. The quantitative estimate of drug-likeness (QED) is 0.392. The first-order chi connectivity index (χ1) is 18.4. The number of rotatable bonds is 2. The first-order valence-corrected chi connectivity index (χ1v) is 12.8. The molecule has 1 atom stereocenters. The lowest BCUT2D eigenvalue weighted by Gasteiger charge is -2.50. The number of aliphatic carboxylic acids is 2. The molecule has 0 amide bonds.